The van der Waals surface area contributed by atoms with E-state index < -0.39 is 42.9 Å². The third kappa shape index (κ3) is 5.06. The van der Waals surface area contributed by atoms with Crippen molar-refractivity contribution in [3.8, 4) is 0 Å². The topological polar surface area (TPSA) is 77.4 Å². The average Bonchev–Trinajstić information content (AvgIpc) is 2.84. The predicted octanol–water partition coefficient (Wildman–Crippen LogP) is 3.84. The number of rotatable bonds is 6. The van der Waals surface area contributed by atoms with Gasteiger partial charge in [0, 0.05) is 28.9 Å². The standard InChI is InChI=1S/C26H34O6/c1-16-14-29-25(19-10-6-4-7-11-19)31-23(16)21(27)18(3)22(28)24-17(2)15-30-26(32-24)20-12-8-5-9-13-20/h4-13,16-18,21-28H,14-15H2,1-3H3/t16-,17+,18?,21-,22+,23-,24+,25-,26+. The zero-order valence-corrected chi connectivity index (χ0v) is 18.9. The van der Waals surface area contributed by atoms with Crippen LogP contribution in [0.5, 0.6) is 0 Å². The SMILES string of the molecule is CC([C@@H](O)[C@@H]1O[C@H](c2ccccc2)OC[C@H]1C)[C@H](O)[C@H]1O[C@@H](c2ccccc2)OC[C@@H]1C. The van der Waals surface area contributed by atoms with Gasteiger partial charge in [-0.2, -0.15) is 0 Å². The van der Waals surface area contributed by atoms with Crippen LogP contribution in [0.25, 0.3) is 0 Å². The van der Waals surface area contributed by atoms with Crippen molar-refractivity contribution in [1.82, 2.24) is 0 Å². The molecule has 0 amide bonds. The lowest BCUT2D eigenvalue weighted by atomic mass is 9.83. The van der Waals surface area contributed by atoms with E-state index >= 15 is 0 Å². The van der Waals surface area contributed by atoms with Crippen LogP contribution in [0.2, 0.25) is 0 Å². The van der Waals surface area contributed by atoms with Crippen LogP contribution in [0.4, 0.5) is 0 Å². The maximum atomic E-state index is 11.2. The number of aliphatic hydroxyl groups is 2. The van der Waals surface area contributed by atoms with Gasteiger partial charge in [-0.25, -0.2) is 0 Å². The molecule has 2 aliphatic heterocycles. The number of hydrogen-bond acceptors (Lipinski definition) is 6. The monoisotopic (exact) mass is 442 g/mol. The lowest BCUT2D eigenvalue weighted by Gasteiger charge is -2.43. The van der Waals surface area contributed by atoms with E-state index in [0.717, 1.165) is 11.1 Å². The minimum Gasteiger partial charge on any atom is -0.390 e. The van der Waals surface area contributed by atoms with E-state index in [-0.39, 0.29) is 11.8 Å². The molecule has 2 aliphatic rings. The highest BCUT2D eigenvalue weighted by Crippen LogP contribution is 2.36. The highest BCUT2D eigenvalue weighted by atomic mass is 16.7. The molecule has 4 rings (SSSR count). The Labute approximate surface area is 190 Å². The van der Waals surface area contributed by atoms with E-state index in [1.807, 2.05) is 81.4 Å². The minimum atomic E-state index is -0.871. The first-order valence-electron chi connectivity index (χ1n) is 11.5. The molecule has 6 heteroatoms. The summed E-state index contributed by atoms with van der Waals surface area (Å²) >= 11 is 0. The Bertz CT molecular complexity index is 761. The van der Waals surface area contributed by atoms with Crippen LogP contribution in [-0.2, 0) is 18.9 Å². The van der Waals surface area contributed by atoms with Gasteiger partial charge in [0.2, 0.25) is 0 Å². The van der Waals surface area contributed by atoms with Crippen LogP contribution >= 0.6 is 0 Å². The molecule has 174 valence electrons. The van der Waals surface area contributed by atoms with Gasteiger partial charge >= 0.3 is 0 Å². The van der Waals surface area contributed by atoms with Crippen molar-refractivity contribution in [1.29, 1.82) is 0 Å². The Kier molecular flexibility index (Phi) is 7.61. The highest BCUT2D eigenvalue weighted by Gasteiger charge is 2.43. The fourth-order valence-electron chi connectivity index (χ4n) is 4.50. The summed E-state index contributed by atoms with van der Waals surface area (Å²) in [5, 5.41) is 22.4. The van der Waals surface area contributed by atoms with E-state index in [1.165, 1.54) is 0 Å². The fraction of sp³-hybridized carbons (Fsp3) is 0.538. The molecule has 2 saturated heterocycles. The van der Waals surface area contributed by atoms with E-state index in [9.17, 15) is 10.2 Å². The maximum Gasteiger partial charge on any atom is 0.184 e. The first kappa shape index (κ1) is 23.4. The third-order valence-electron chi connectivity index (χ3n) is 6.60. The van der Waals surface area contributed by atoms with Crippen molar-refractivity contribution in [2.75, 3.05) is 13.2 Å². The third-order valence-corrected chi connectivity index (χ3v) is 6.60. The average molecular weight is 443 g/mol. The molecule has 1 unspecified atom stereocenters. The number of benzene rings is 2. The van der Waals surface area contributed by atoms with Crippen LogP contribution < -0.4 is 0 Å². The second-order valence-corrected chi connectivity index (χ2v) is 9.15. The van der Waals surface area contributed by atoms with Gasteiger partial charge < -0.3 is 29.2 Å². The van der Waals surface area contributed by atoms with Crippen LogP contribution in [0, 0.1) is 17.8 Å². The summed E-state index contributed by atoms with van der Waals surface area (Å²) in [6.45, 7) is 6.79. The van der Waals surface area contributed by atoms with Crippen molar-refractivity contribution in [2.24, 2.45) is 17.8 Å². The summed E-state index contributed by atoms with van der Waals surface area (Å²) in [6.07, 6.45) is -3.72. The number of hydrogen-bond donors (Lipinski definition) is 2. The molecule has 2 heterocycles. The molecule has 0 saturated carbocycles. The van der Waals surface area contributed by atoms with Gasteiger partial charge in [-0.1, -0.05) is 81.4 Å². The molecule has 0 radical (unpaired) electrons. The lowest BCUT2D eigenvalue weighted by molar-refractivity contribution is -0.282. The van der Waals surface area contributed by atoms with Crippen molar-refractivity contribution < 1.29 is 29.2 Å². The molecule has 0 aromatic heterocycles. The highest BCUT2D eigenvalue weighted by molar-refractivity contribution is 5.17. The molecule has 2 N–H and O–H groups in total. The van der Waals surface area contributed by atoms with E-state index in [4.69, 9.17) is 18.9 Å². The van der Waals surface area contributed by atoms with Gasteiger partial charge in [0.25, 0.3) is 0 Å². The Morgan fingerprint density at radius 1 is 0.688 bits per heavy atom. The van der Waals surface area contributed by atoms with Gasteiger partial charge in [-0.15, -0.1) is 0 Å². The Morgan fingerprint density at radius 3 is 1.44 bits per heavy atom. The largest absolute Gasteiger partial charge is 0.390 e. The first-order valence-corrected chi connectivity index (χ1v) is 11.5. The fourth-order valence-corrected chi connectivity index (χ4v) is 4.50. The summed E-state index contributed by atoms with van der Waals surface area (Å²) in [6, 6.07) is 19.4. The smallest absolute Gasteiger partial charge is 0.184 e. The summed E-state index contributed by atoms with van der Waals surface area (Å²) < 4.78 is 24.1. The van der Waals surface area contributed by atoms with Gasteiger partial charge in [0.1, 0.15) is 0 Å². The second-order valence-electron chi connectivity index (χ2n) is 9.15. The zero-order chi connectivity index (χ0) is 22.7. The molecule has 2 aromatic rings. The molecule has 32 heavy (non-hydrogen) atoms. The van der Waals surface area contributed by atoms with E-state index in [1.54, 1.807) is 0 Å². The molecule has 6 nitrogen and oxygen atoms in total. The van der Waals surface area contributed by atoms with Gasteiger partial charge in [-0.05, 0) is 0 Å². The van der Waals surface area contributed by atoms with Crippen molar-refractivity contribution >= 4 is 0 Å². The predicted molar refractivity (Wildman–Crippen MR) is 120 cm³/mol. The van der Waals surface area contributed by atoms with Gasteiger partial charge in [0.15, 0.2) is 12.6 Å². The number of ether oxygens (including phenoxy) is 4. The Morgan fingerprint density at radius 2 is 1.06 bits per heavy atom. The molecule has 2 aromatic carbocycles. The van der Waals surface area contributed by atoms with Crippen LogP contribution in [0.15, 0.2) is 60.7 Å². The van der Waals surface area contributed by atoms with Crippen molar-refractivity contribution in [3.63, 3.8) is 0 Å². The first-order chi connectivity index (χ1) is 15.5. The Balaban J connectivity index is 1.44. The maximum absolute atomic E-state index is 11.2. The molecule has 2 fully saturated rings. The molecular weight excluding hydrogens is 408 g/mol. The van der Waals surface area contributed by atoms with Crippen molar-refractivity contribution in [2.45, 2.75) is 57.8 Å². The lowest BCUT2D eigenvalue weighted by Crippen LogP contribution is -2.52. The quantitative estimate of drug-likeness (QED) is 0.708. The van der Waals surface area contributed by atoms with Gasteiger partial charge in [-0.3, -0.25) is 0 Å². The molecular formula is C26H34O6. The van der Waals surface area contributed by atoms with Crippen LogP contribution in [0.1, 0.15) is 44.5 Å². The molecule has 0 bridgehead atoms. The summed E-state index contributed by atoms with van der Waals surface area (Å²) in [5.74, 6) is -0.478. The molecule has 0 spiro atoms. The van der Waals surface area contributed by atoms with E-state index in [0.29, 0.717) is 13.2 Å². The number of aliphatic hydroxyl groups excluding tert-OH is 2. The minimum absolute atomic E-state index is 0.00953. The second kappa shape index (κ2) is 10.4. The summed E-state index contributed by atoms with van der Waals surface area (Å²) in [7, 11) is 0. The van der Waals surface area contributed by atoms with Gasteiger partial charge in [0.05, 0.1) is 37.6 Å². The normalized spacial score (nSPS) is 33.9. The van der Waals surface area contributed by atoms with Crippen molar-refractivity contribution in [3.05, 3.63) is 71.8 Å². The zero-order valence-electron chi connectivity index (χ0n) is 18.9. The molecule has 9 atom stereocenters. The molecule has 0 aliphatic carbocycles. The summed E-state index contributed by atoms with van der Waals surface area (Å²) in [5.41, 5.74) is 1.83. The Hall–Kier alpha value is -1.80. The van der Waals surface area contributed by atoms with Crippen LogP contribution in [0.3, 0.4) is 0 Å². The summed E-state index contributed by atoms with van der Waals surface area (Å²) in [4.78, 5) is 0. The van der Waals surface area contributed by atoms with E-state index in [2.05, 4.69) is 0 Å². The van der Waals surface area contributed by atoms with Crippen LogP contribution in [-0.4, -0.2) is 47.8 Å².